The normalized spacial score (nSPS) is 15.6. The SMILES string of the molecule is CCCCOC(=O)N1CCC(c2ccsc2C(=O)OC)CC1. The number of thiophene rings is 1. The zero-order valence-electron chi connectivity index (χ0n) is 13.2. The number of carbonyl (C=O) groups is 2. The van der Waals surface area contributed by atoms with Gasteiger partial charge in [0.05, 0.1) is 13.7 Å². The fourth-order valence-electron chi connectivity index (χ4n) is 2.67. The number of likely N-dealkylation sites (tertiary alicyclic amines) is 1. The molecule has 0 atom stereocenters. The van der Waals surface area contributed by atoms with Crippen molar-refractivity contribution >= 4 is 23.4 Å². The van der Waals surface area contributed by atoms with Crippen LogP contribution in [0.4, 0.5) is 4.79 Å². The minimum absolute atomic E-state index is 0.217. The van der Waals surface area contributed by atoms with Gasteiger partial charge in [-0.25, -0.2) is 9.59 Å². The van der Waals surface area contributed by atoms with Crippen molar-refractivity contribution in [3.8, 4) is 0 Å². The number of methoxy groups -OCH3 is 1. The highest BCUT2D eigenvalue weighted by molar-refractivity contribution is 7.12. The van der Waals surface area contributed by atoms with Gasteiger partial charge < -0.3 is 14.4 Å². The molecule has 1 aliphatic rings. The molecule has 1 aromatic heterocycles. The summed E-state index contributed by atoms with van der Waals surface area (Å²) in [6.07, 6.45) is 3.40. The lowest BCUT2D eigenvalue weighted by Gasteiger charge is -2.31. The van der Waals surface area contributed by atoms with Gasteiger partial charge in [-0.1, -0.05) is 13.3 Å². The molecule has 0 spiro atoms. The van der Waals surface area contributed by atoms with Crippen molar-refractivity contribution in [2.24, 2.45) is 0 Å². The average molecular weight is 325 g/mol. The second kappa shape index (κ2) is 8.17. The van der Waals surface area contributed by atoms with Crippen LogP contribution in [0.25, 0.3) is 0 Å². The van der Waals surface area contributed by atoms with Gasteiger partial charge in [-0.15, -0.1) is 11.3 Å². The summed E-state index contributed by atoms with van der Waals surface area (Å²) in [6, 6.07) is 2.00. The summed E-state index contributed by atoms with van der Waals surface area (Å²) in [7, 11) is 1.40. The van der Waals surface area contributed by atoms with E-state index in [0.717, 1.165) is 31.2 Å². The molecule has 1 amide bonds. The molecule has 1 aromatic rings. The predicted octanol–water partition coefficient (Wildman–Crippen LogP) is 3.65. The van der Waals surface area contributed by atoms with Crippen molar-refractivity contribution < 1.29 is 19.1 Å². The predicted molar refractivity (Wildman–Crippen MR) is 85.5 cm³/mol. The van der Waals surface area contributed by atoms with Crippen LogP contribution < -0.4 is 0 Å². The van der Waals surface area contributed by atoms with Crippen LogP contribution in [0.5, 0.6) is 0 Å². The first-order chi connectivity index (χ1) is 10.7. The van der Waals surface area contributed by atoms with Crippen LogP contribution in [0.2, 0.25) is 0 Å². The van der Waals surface area contributed by atoms with Gasteiger partial charge in [0.25, 0.3) is 0 Å². The van der Waals surface area contributed by atoms with Crippen LogP contribution in [0.1, 0.15) is 53.8 Å². The van der Waals surface area contributed by atoms with Crippen molar-refractivity contribution in [3.63, 3.8) is 0 Å². The third kappa shape index (κ3) is 4.00. The molecule has 22 heavy (non-hydrogen) atoms. The third-order valence-electron chi connectivity index (χ3n) is 3.98. The molecule has 2 heterocycles. The lowest BCUT2D eigenvalue weighted by Crippen LogP contribution is -2.38. The number of rotatable bonds is 5. The van der Waals surface area contributed by atoms with E-state index < -0.39 is 0 Å². The molecule has 0 saturated carbocycles. The van der Waals surface area contributed by atoms with E-state index in [9.17, 15) is 9.59 Å². The van der Waals surface area contributed by atoms with Gasteiger partial charge in [-0.3, -0.25) is 0 Å². The standard InChI is InChI=1S/C16H23NO4S/c1-3-4-10-21-16(19)17-8-5-12(6-9-17)13-7-11-22-14(13)15(18)20-2/h7,11-12H,3-6,8-10H2,1-2H3. The summed E-state index contributed by atoms with van der Waals surface area (Å²) in [5, 5.41) is 1.92. The lowest BCUT2D eigenvalue weighted by atomic mass is 9.90. The van der Waals surface area contributed by atoms with Crippen molar-refractivity contribution in [2.75, 3.05) is 26.8 Å². The minimum atomic E-state index is -0.272. The molecule has 6 heteroatoms. The van der Waals surface area contributed by atoms with E-state index in [4.69, 9.17) is 9.47 Å². The molecule has 1 saturated heterocycles. The maximum atomic E-state index is 11.9. The number of unbranched alkanes of at least 4 members (excludes halogenated alkanes) is 1. The monoisotopic (exact) mass is 325 g/mol. The van der Waals surface area contributed by atoms with E-state index in [-0.39, 0.29) is 12.1 Å². The molecule has 5 nitrogen and oxygen atoms in total. The summed E-state index contributed by atoms with van der Waals surface area (Å²) < 4.78 is 10.1. The number of hydrogen-bond acceptors (Lipinski definition) is 5. The first-order valence-corrected chi connectivity index (χ1v) is 8.62. The van der Waals surface area contributed by atoms with Crippen LogP contribution in [-0.2, 0) is 9.47 Å². The number of ether oxygens (including phenoxy) is 2. The molecular weight excluding hydrogens is 302 g/mol. The fourth-order valence-corrected chi connectivity index (χ4v) is 3.57. The number of carbonyl (C=O) groups excluding carboxylic acids is 2. The molecule has 2 rings (SSSR count). The molecule has 1 fully saturated rings. The molecule has 122 valence electrons. The van der Waals surface area contributed by atoms with E-state index in [2.05, 4.69) is 6.92 Å². The molecule has 1 aliphatic heterocycles. The third-order valence-corrected chi connectivity index (χ3v) is 4.89. The van der Waals surface area contributed by atoms with Gasteiger partial charge in [-0.05, 0) is 42.2 Å². The number of piperidine rings is 1. The Morgan fingerprint density at radius 3 is 2.73 bits per heavy atom. The Balaban J connectivity index is 1.88. The summed E-state index contributed by atoms with van der Waals surface area (Å²) in [5.74, 6) is 0.0337. The topological polar surface area (TPSA) is 55.8 Å². The second-order valence-corrected chi connectivity index (χ2v) is 6.34. The molecule has 0 radical (unpaired) electrons. The Morgan fingerprint density at radius 1 is 1.36 bits per heavy atom. The fraction of sp³-hybridized carbons (Fsp3) is 0.625. The average Bonchev–Trinajstić information content (AvgIpc) is 3.04. The van der Waals surface area contributed by atoms with Crippen LogP contribution >= 0.6 is 11.3 Å². The summed E-state index contributed by atoms with van der Waals surface area (Å²) in [6.45, 7) is 3.91. The van der Waals surface area contributed by atoms with Gasteiger partial charge in [0.1, 0.15) is 4.88 Å². The van der Waals surface area contributed by atoms with Crippen molar-refractivity contribution in [1.82, 2.24) is 4.90 Å². The van der Waals surface area contributed by atoms with E-state index >= 15 is 0 Å². The number of amides is 1. The van der Waals surface area contributed by atoms with Crippen molar-refractivity contribution in [1.29, 1.82) is 0 Å². The van der Waals surface area contributed by atoms with Gasteiger partial charge in [0.15, 0.2) is 0 Å². The van der Waals surface area contributed by atoms with E-state index in [1.165, 1.54) is 18.4 Å². The smallest absolute Gasteiger partial charge is 0.409 e. The maximum absolute atomic E-state index is 11.9. The molecular formula is C16H23NO4S. The first-order valence-electron chi connectivity index (χ1n) is 7.74. The molecule has 0 aliphatic carbocycles. The van der Waals surface area contributed by atoms with Crippen molar-refractivity contribution in [3.05, 3.63) is 21.9 Å². The van der Waals surface area contributed by atoms with Crippen molar-refractivity contribution in [2.45, 2.75) is 38.5 Å². The molecule has 0 aromatic carbocycles. The number of esters is 1. The van der Waals surface area contributed by atoms with Crippen LogP contribution in [0.3, 0.4) is 0 Å². The minimum Gasteiger partial charge on any atom is -0.465 e. The Bertz CT molecular complexity index is 506. The van der Waals surface area contributed by atoms with Gasteiger partial charge in [0.2, 0.25) is 0 Å². The first kappa shape index (κ1) is 16.8. The summed E-state index contributed by atoms with van der Waals surface area (Å²) in [5.41, 5.74) is 1.05. The Morgan fingerprint density at radius 2 is 2.09 bits per heavy atom. The zero-order chi connectivity index (χ0) is 15.9. The van der Waals surface area contributed by atoms with Gasteiger partial charge >= 0.3 is 12.1 Å². The lowest BCUT2D eigenvalue weighted by molar-refractivity contribution is 0.0602. The van der Waals surface area contributed by atoms with Crippen LogP contribution in [0.15, 0.2) is 11.4 Å². The molecule has 0 unspecified atom stereocenters. The van der Waals surface area contributed by atoms with E-state index in [1.807, 2.05) is 11.4 Å². The van der Waals surface area contributed by atoms with Crippen LogP contribution in [0, 0.1) is 0 Å². The quantitative estimate of drug-likeness (QED) is 0.612. The van der Waals surface area contributed by atoms with Gasteiger partial charge in [0, 0.05) is 13.1 Å². The van der Waals surface area contributed by atoms with Gasteiger partial charge in [-0.2, -0.15) is 0 Å². The number of nitrogens with zero attached hydrogens (tertiary/aromatic N) is 1. The van der Waals surface area contributed by atoms with E-state index in [0.29, 0.717) is 30.5 Å². The van der Waals surface area contributed by atoms with Crippen LogP contribution in [-0.4, -0.2) is 43.8 Å². The summed E-state index contributed by atoms with van der Waals surface area (Å²) in [4.78, 5) is 26.1. The Kier molecular flexibility index (Phi) is 6.24. The second-order valence-electron chi connectivity index (χ2n) is 5.43. The molecule has 0 bridgehead atoms. The van der Waals surface area contributed by atoms with E-state index in [1.54, 1.807) is 4.90 Å². The maximum Gasteiger partial charge on any atom is 0.409 e. The highest BCUT2D eigenvalue weighted by atomic mass is 32.1. The summed E-state index contributed by atoms with van der Waals surface area (Å²) >= 11 is 1.42. The Labute approximate surface area is 135 Å². The zero-order valence-corrected chi connectivity index (χ0v) is 14.0. The largest absolute Gasteiger partial charge is 0.465 e. The highest BCUT2D eigenvalue weighted by Crippen LogP contribution is 2.33. The molecule has 0 N–H and O–H groups in total. The Hall–Kier alpha value is -1.56. The highest BCUT2D eigenvalue weighted by Gasteiger charge is 2.28. The number of hydrogen-bond donors (Lipinski definition) is 0.